The van der Waals surface area contributed by atoms with Gasteiger partial charge in [-0.1, -0.05) is 0 Å². The van der Waals surface area contributed by atoms with Crippen LogP contribution in [0.3, 0.4) is 0 Å². The van der Waals surface area contributed by atoms with Gasteiger partial charge >= 0.3 is 5.97 Å². The van der Waals surface area contributed by atoms with E-state index in [-0.39, 0.29) is 17.0 Å². The maximum absolute atomic E-state index is 12.4. The second-order valence-electron chi connectivity index (χ2n) is 5.42. The van der Waals surface area contributed by atoms with Crippen molar-refractivity contribution in [3.63, 3.8) is 0 Å². The monoisotopic (exact) mass is 320 g/mol. The topological polar surface area (TPSA) is 100 Å². The van der Waals surface area contributed by atoms with Gasteiger partial charge in [0.05, 0.1) is 30.4 Å². The predicted octanol–water partition coefficient (Wildman–Crippen LogP) is 1.06. The summed E-state index contributed by atoms with van der Waals surface area (Å²) >= 11 is 4.82. The summed E-state index contributed by atoms with van der Waals surface area (Å²) in [5.41, 5.74) is 8.06. The molecule has 1 unspecified atom stereocenters. The molecule has 0 radical (unpaired) electrons. The zero-order valence-electron chi connectivity index (χ0n) is 12.7. The number of ether oxygens (including phenoxy) is 1. The number of nitrogens with one attached hydrogen (secondary N) is 2. The molecule has 22 heavy (non-hydrogen) atoms. The van der Waals surface area contributed by atoms with Crippen molar-refractivity contribution in [2.75, 3.05) is 13.2 Å². The molecule has 118 valence electrons. The fourth-order valence-corrected chi connectivity index (χ4v) is 2.83. The zero-order chi connectivity index (χ0) is 16.3. The average molecular weight is 320 g/mol. The molecule has 0 bridgehead atoms. The first-order chi connectivity index (χ1) is 10.5. The standard InChI is InChI=1S/C15H20N4O2S/c1-3-21-14(20)13-11(7-18-15(17)22)19-8(2)10(6-16)12(13)9-4-5-9/h9,12,19H,3-5,7H2,1-2H3,(H3,17,18,22). The van der Waals surface area contributed by atoms with Crippen LogP contribution in [0.5, 0.6) is 0 Å². The number of thiocarbonyl (C=S) groups is 1. The van der Waals surface area contributed by atoms with E-state index in [2.05, 4.69) is 16.7 Å². The van der Waals surface area contributed by atoms with Gasteiger partial charge in [-0.05, 0) is 44.8 Å². The van der Waals surface area contributed by atoms with Crippen LogP contribution in [0.2, 0.25) is 0 Å². The summed E-state index contributed by atoms with van der Waals surface area (Å²) in [6.45, 7) is 4.21. The summed E-state index contributed by atoms with van der Waals surface area (Å²) in [6, 6.07) is 2.24. The number of allylic oxidation sites excluding steroid dienone is 2. The molecule has 1 aliphatic carbocycles. The summed E-state index contributed by atoms with van der Waals surface area (Å²) in [5.74, 6) is -0.258. The number of carbonyl (C=O) groups excluding carboxylic acids is 1. The van der Waals surface area contributed by atoms with Crippen LogP contribution in [0.1, 0.15) is 26.7 Å². The number of nitrogens with zero attached hydrogens (tertiary/aromatic N) is 1. The van der Waals surface area contributed by atoms with E-state index in [0.717, 1.165) is 18.5 Å². The SMILES string of the molecule is CCOC(=O)C1=C(CNC(N)=S)NC(C)=C(C#N)C1C1CC1. The second kappa shape index (κ2) is 6.79. The molecule has 7 heteroatoms. The van der Waals surface area contributed by atoms with Crippen molar-refractivity contribution in [2.45, 2.75) is 26.7 Å². The summed E-state index contributed by atoms with van der Waals surface area (Å²) < 4.78 is 5.19. The average Bonchev–Trinajstić information content (AvgIpc) is 3.28. The molecule has 0 aromatic rings. The highest BCUT2D eigenvalue weighted by Crippen LogP contribution is 2.47. The van der Waals surface area contributed by atoms with Crippen molar-refractivity contribution in [3.05, 3.63) is 22.5 Å². The van der Waals surface area contributed by atoms with Crippen LogP contribution in [0.25, 0.3) is 0 Å². The van der Waals surface area contributed by atoms with Gasteiger partial charge in [-0.25, -0.2) is 4.79 Å². The Kier molecular flexibility index (Phi) is 5.03. The number of rotatable bonds is 5. The molecular weight excluding hydrogens is 300 g/mol. The molecule has 6 nitrogen and oxygen atoms in total. The highest BCUT2D eigenvalue weighted by atomic mass is 32.1. The van der Waals surface area contributed by atoms with Crippen LogP contribution in [-0.4, -0.2) is 24.2 Å². The highest BCUT2D eigenvalue weighted by molar-refractivity contribution is 7.80. The predicted molar refractivity (Wildman–Crippen MR) is 86.1 cm³/mol. The van der Waals surface area contributed by atoms with Crippen LogP contribution >= 0.6 is 12.2 Å². The minimum absolute atomic E-state index is 0.160. The van der Waals surface area contributed by atoms with E-state index < -0.39 is 0 Å². The first kappa shape index (κ1) is 16.3. The molecule has 0 amide bonds. The van der Waals surface area contributed by atoms with Gasteiger partial charge in [-0.2, -0.15) is 5.26 Å². The summed E-state index contributed by atoms with van der Waals surface area (Å²) in [6.07, 6.45) is 2.03. The number of hydrogen-bond donors (Lipinski definition) is 3. The Bertz CT molecular complexity index is 599. The van der Waals surface area contributed by atoms with E-state index in [1.807, 2.05) is 6.92 Å². The lowest BCUT2D eigenvalue weighted by atomic mass is 9.82. The molecule has 2 rings (SSSR count). The van der Waals surface area contributed by atoms with Gasteiger partial charge < -0.3 is 21.1 Å². The maximum atomic E-state index is 12.4. The van der Waals surface area contributed by atoms with Crippen LogP contribution in [0, 0.1) is 23.2 Å². The highest BCUT2D eigenvalue weighted by Gasteiger charge is 2.43. The molecule has 1 saturated carbocycles. The van der Waals surface area contributed by atoms with E-state index in [0.29, 0.717) is 35.9 Å². The minimum Gasteiger partial charge on any atom is -0.463 e. The third-order valence-electron chi connectivity index (χ3n) is 3.84. The van der Waals surface area contributed by atoms with Crippen LogP contribution in [0.15, 0.2) is 22.5 Å². The molecule has 1 fully saturated rings. The Morgan fingerprint density at radius 3 is 2.77 bits per heavy atom. The molecule has 0 spiro atoms. The van der Waals surface area contributed by atoms with Crippen molar-refractivity contribution < 1.29 is 9.53 Å². The lowest BCUT2D eigenvalue weighted by Gasteiger charge is -2.29. The normalized spacial score (nSPS) is 21.0. The Balaban J connectivity index is 2.41. The molecule has 0 aromatic heterocycles. The number of nitrogens with two attached hydrogens (primary N) is 1. The van der Waals surface area contributed by atoms with E-state index in [1.165, 1.54) is 0 Å². The zero-order valence-corrected chi connectivity index (χ0v) is 13.5. The molecule has 4 N–H and O–H groups in total. The molecular formula is C15H20N4O2S. The van der Waals surface area contributed by atoms with Gasteiger partial charge in [-0.15, -0.1) is 0 Å². The summed E-state index contributed by atoms with van der Waals surface area (Å²) in [4.78, 5) is 12.4. The van der Waals surface area contributed by atoms with Crippen LogP contribution in [0.4, 0.5) is 0 Å². The number of nitriles is 1. The molecule has 0 aromatic carbocycles. The Hall–Kier alpha value is -2.07. The van der Waals surface area contributed by atoms with Crippen molar-refractivity contribution in [2.24, 2.45) is 17.6 Å². The van der Waals surface area contributed by atoms with Gasteiger partial charge in [0, 0.05) is 17.3 Å². The number of esters is 1. The molecule has 2 aliphatic rings. The second-order valence-corrected chi connectivity index (χ2v) is 5.86. The Morgan fingerprint density at radius 1 is 1.59 bits per heavy atom. The third kappa shape index (κ3) is 3.39. The molecule has 0 saturated heterocycles. The third-order valence-corrected chi connectivity index (χ3v) is 3.98. The molecule has 1 aliphatic heterocycles. The molecule has 1 heterocycles. The Labute approximate surface area is 135 Å². The van der Waals surface area contributed by atoms with Crippen molar-refractivity contribution >= 4 is 23.3 Å². The quantitative estimate of drug-likeness (QED) is 0.514. The first-order valence-corrected chi connectivity index (χ1v) is 7.71. The van der Waals surface area contributed by atoms with Crippen molar-refractivity contribution in [1.29, 1.82) is 5.26 Å². The van der Waals surface area contributed by atoms with Gasteiger partial charge in [-0.3, -0.25) is 0 Å². The first-order valence-electron chi connectivity index (χ1n) is 7.30. The van der Waals surface area contributed by atoms with Crippen molar-refractivity contribution in [1.82, 2.24) is 10.6 Å². The van der Waals surface area contributed by atoms with Gasteiger partial charge in [0.15, 0.2) is 5.11 Å². The molecule has 1 atom stereocenters. The summed E-state index contributed by atoms with van der Waals surface area (Å²) in [7, 11) is 0. The largest absolute Gasteiger partial charge is 0.463 e. The van der Waals surface area contributed by atoms with Crippen LogP contribution < -0.4 is 16.4 Å². The lowest BCUT2D eigenvalue weighted by Crippen LogP contribution is -2.39. The lowest BCUT2D eigenvalue weighted by molar-refractivity contribution is -0.139. The van der Waals surface area contributed by atoms with E-state index in [4.69, 9.17) is 22.7 Å². The number of dihydropyridines is 1. The van der Waals surface area contributed by atoms with Crippen molar-refractivity contribution in [3.8, 4) is 6.07 Å². The van der Waals surface area contributed by atoms with E-state index in [1.54, 1.807) is 6.92 Å². The maximum Gasteiger partial charge on any atom is 0.336 e. The van der Waals surface area contributed by atoms with E-state index in [9.17, 15) is 10.1 Å². The fourth-order valence-electron chi connectivity index (χ4n) is 2.75. The Morgan fingerprint density at radius 2 is 2.27 bits per heavy atom. The van der Waals surface area contributed by atoms with Gasteiger partial charge in [0.25, 0.3) is 0 Å². The van der Waals surface area contributed by atoms with Gasteiger partial charge in [0.2, 0.25) is 0 Å². The fraction of sp³-hybridized carbons (Fsp3) is 0.533. The van der Waals surface area contributed by atoms with Gasteiger partial charge in [0.1, 0.15) is 0 Å². The number of carbonyl (C=O) groups is 1. The summed E-state index contributed by atoms with van der Waals surface area (Å²) in [5, 5.41) is 15.6. The minimum atomic E-state index is -0.383. The number of hydrogen-bond acceptors (Lipinski definition) is 5. The van der Waals surface area contributed by atoms with Crippen LogP contribution in [-0.2, 0) is 9.53 Å². The van der Waals surface area contributed by atoms with E-state index >= 15 is 0 Å². The smallest absolute Gasteiger partial charge is 0.336 e.